The molecule has 0 aliphatic rings. The van der Waals surface area contributed by atoms with Gasteiger partial charge in [-0.05, 0) is 37.5 Å². The molecule has 110 valence electrons. The van der Waals surface area contributed by atoms with Crippen LogP contribution in [0, 0.1) is 6.92 Å². The summed E-state index contributed by atoms with van der Waals surface area (Å²) < 4.78 is 25.9. The summed E-state index contributed by atoms with van der Waals surface area (Å²) in [6, 6.07) is 6.06. The fourth-order valence-corrected chi connectivity index (χ4v) is 2.25. The molecule has 2 aromatic rings. The van der Waals surface area contributed by atoms with E-state index in [1.54, 1.807) is 0 Å². The number of nitrogens with one attached hydrogen (secondary N) is 2. The van der Waals surface area contributed by atoms with Crippen LogP contribution < -0.4 is 5.32 Å². The summed E-state index contributed by atoms with van der Waals surface area (Å²) in [6.45, 7) is 2.26. The average molecular weight is 282 g/mol. The topological polar surface area (TPSA) is 48.0 Å². The molecule has 1 unspecified atom stereocenters. The lowest BCUT2D eigenvalue weighted by atomic mass is 10.0. The molecule has 0 radical (unpaired) electrons. The number of hydrogen-bond donors (Lipinski definition) is 3. The Labute approximate surface area is 117 Å². The molecule has 0 aliphatic heterocycles. The van der Waals surface area contributed by atoms with Gasteiger partial charge in [-0.3, -0.25) is 0 Å². The van der Waals surface area contributed by atoms with Gasteiger partial charge in [-0.25, -0.2) is 8.78 Å². The van der Waals surface area contributed by atoms with Gasteiger partial charge in [0.2, 0.25) is 0 Å². The first-order valence-corrected chi connectivity index (χ1v) is 6.70. The Balaban J connectivity index is 2.01. The van der Waals surface area contributed by atoms with E-state index >= 15 is 0 Å². The van der Waals surface area contributed by atoms with E-state index in [0.717, 1.165) is 16.5 Å². The lowest BCUT2D eigenvalue weighted by Gasteiger charge is -2.18. The number of aryl methyl sites for hydroxylation is 1. The van der Waals surface area contributed by atoms with Gasteiger partial charge in [0, 0.05) is 23.1 Å². The molecule has 2 rings (SSSR count). The number of rotatable bonds is 6. The summed E-state index contributed by atoms with van der Waals surface area (Å²) in [4.78, 5) is 3.20. The zero-order chi connectivity index (χ0) is 14.8. The van der Waals surface area contributed by atoms with Crippen molar-refractivity contribution in [2.24, 2.45) is 0 Å². The molecule has 1 aromatic heterocycles. The van der Waals surface area contributed by atoms with E-state index in [4.69, 9.17) is 5.11 Å². The number of aromatic nitrogens is 1. The van der Waals surface area contributed by atoms with Gasteiger partial charge in [0.25, 0.3) is 5.92 Å². The second-order valence-electron chi connectivity index (χ2n) is 5.36. The third-order valence-corrected chi connectivity index (χ3v) is 3.39. The second kappa shape index (κ2) is 5.89. The lowest BCUT2D eigenvalue weighted by Crippen LogP contribution is -2.40. The maximum absolute atomic E-state index is 13.0. The van der Waals surface area contributed by atoms with E-state index in [9.17, 15) is 8.78 Å². The number of fused-ring (bicyclic) bond motifs is 1. The summed E-state index contributed by atoms with van der Waals surface area (Å²) >= 11 is 0. The smallest absolute Gasteiger partial charge is 0.282 e. The number of alkyl halides is 2. The van der Waals surface area contributed by atoms with E-state index in [1.165, 1.54) is 5.56 Å². The fourth-order valence-electron chi connectivity index (χ4n) is 2.25. The Morgan fingerprint density at radius 1 is 1.40 bits per heavy atom. The minimum Gasteiger partial charge on any atom is -0.390 e. The lowest BCUT2D eigenvalue weighted by molar-refractivity contribution is -0.0490. The number of H-pyrrole nitrogens is 1. The van der Waals surface area contributed by atoms with Crippen LogP contribution >= 0.6 is 0 Å². The van der Waals surface area contributed by atoms with Gasteiger partial charge in [0.15, 0.2) is 0 Å². The zero-order valence-electron chi connectivity index (χ0n) is 11.7. The zero-order valence-corrected chi connectivity index (χ0v) is 11.7. The van der Waals surface area contributed by atoms with Gasteiger partial charge in [0.1, 0.15) is 6.61 Å². The van der Waals surface area contributed by atoms with E-state index in [-0.39, 0.29) is 6.04 Å². The van der Waals surface area contributed by atoms with Crippen molar-refractivity contribution in [1.82, 2.24) is 10.3 Å². The molecule has 0 fully saturated rings. The van der Waals surface area contributed by atoms with Crippen LogP contribution in [0.1, 0.15) is 18.1 Å². The molecular formula is C15H20F2N2O. The van der Waals surface area contributed by atoms with Crippen molar-refractivity contribution in [1.29, 1.82) is 0 Å². The van der Waals surface area contributed by atoms with Gasteiger partial charge >= 0.3 is 0 Å². The molecule has 3 nitrogen and oxygen atoms in total. The Kier molecular flexibility index (Phi) is 4.40. The SMILES string of the molecule is Cc1ccc2c(CC(C)NCC(F)(F)CO)c[nH]c2c1. The van der Waals surface area contributed by atoms with Crippen molar-refractivity contribution in [3.05, 3.63) is 35.5 Å². The van der Waals surface area contributed by atoms with Crippen LogP contribution in [-0.2, 0) is 6.42 Å². The highest BCUT2D eigenvalue weighted by atomic mass is 19.3. The molecule has 0 bridgehead atoms. The molecule has 0 aliphatic carbocycles. The number of aliphatic hydroxyl groups is 1. The van der Waals surface area contributed by atoms with Crippen LogP contribution in [0.2, 0.25) is 0 Å². The highest BCUT2D eigenvalue weighted by Gasteiger charge is 2.27. The second-order valence-corrected chi connectivity index (χ2v) is 5.36. The standard InChI is InChI=1S/C15H20F2N2O/c1-10-3-4-13-12(7-18-14(13)5-10)6-11(2)19-8-15(16,17)9-20/h3-5,7,11,18-20H,6,8-9H2,1-2H3. The quantitative estimate of drug-likeness (QED) is 0.763. The van der Waals surface area contributed by atoms with Crippen LogP contribution in [0.25, 0.3) is 10.9 Å². The first kappa shape index (κ1) is 14.9. The molecule has 0 spiro atoms. The van der Waals surface area contributed by atoms with Crippen molar-refractivity contribution < 1.29 is 13.9 Å². The minimum absolute atomic E-state index is 0.0901. The summed E-state index contributed by atoms with van der Waals surface area (Å²) in [5, 5.41) is 12.4. The molecule has 1 atom stereocenters. The molecule has 1 aromatic carbocycles. The van der Waals surface area contributed by atoms with Crippen molar-refractivity contribution in [2.45, 2.75) is 32.2 Å². The largest absolute Gasteiger partial charge is 0.390 e. The number of hydrogen-bond acceptors (Lipinski definition) is 2. The van der Waals surface area contributed by atoms with Crippen LogP contribution in [0.3, 0.4) is 0 Å². The highest BCUT2D eigenvalue weighted by Crippen LogP contribution is 2.21. The van der Waals surface area contributed by atoms with Gasteiger partial charge in [-0.1, -0.05) is 12.1 Å². The first-order valence-electron chi connectivity index (χ1n) is 6.70. The van der Waals surface area contributed by atoms with Crippen LogP contribution in [-0.4, -0.2) is 35.2 Å². The van der Waals surface area contributed by atoms with Crippen molar-refractivity contribution in [2.75, 3.05) is 13.2 Å². The van der Waals surface area contributed by atoms with Gasteiger partial charge in [-0.2, -0.15) is 0 Å². The fraction of sp³-hybridized carbons (Fsp3) is 0.467. The van der Waals surface area contributed by atoms with E-state index in [0.29, 0.717) is 6.42 Å². The number of aromatic amines is 1. The molecule has 0 amide bonds. The maximum atomic E-state index is 13.0. The van der Waals surface area contributed by atoms with Gasteiger partial charge < -0.3 is 15.4 Å². The Morgan fingerprint density at radius 3 is 2.85 bits per heavy atom. The number of halogens is 2. The number of benzene rings is 1. The molecule has 5 heteroatoms. The first-order chi connectivity index (χ1) is 9.41. The summed E-state index contributed by atoms with van der Waals surface area (Å²) in [5.41, 5.74) is 3.35. The molecule has 0 saturated heterocycles. The van der Waals surface area contributed by atoms with E-state index in [2.05, 4.69) is 16.4 Å². The summed E-state index contributed by atoms with van der Waals surface area (Å²) in [7, 11) is 0. The maximum Gasteiger partial charge on any atom is 0.282 e. The molecule has 0 saturated carbocycles. The molecule has 20 heavy (non-hydrogen) atoms. The van der Waals surface area contributed by atoms with Crippen LogP contribution in [0.15, 0.2) is 24.4 Å². The summed E-state index contributed by atoms with van der Waals surface area (Å²) in [6.07, 6.45) is 2.58. The van der Waals surface area contributed by atoms with Crippen molar-refractivity contribution in [3.63, 3.8) is 0 Å². The molecule has 3 N–H and O–H groups in total. The van der Waals surface area contributed by atoms with Gasteiger partial charge in [0.05, 0.1) is 6.54 Å². The Hall–Kier alpha value is -1.46. The Bertz CT molecular complexity index is 580. The van der Waals surface area contributed by atoms with Crippen LogP contribution in [0.5, 0.6) is 0 Å². The van der Waals surface area contributed by atoms with E-state index in [1.807, 2.05) is 32.2 Å². The highest BCUT2D eigenvalue weighted by molar-refractivity contribution is 5.83. The van der Waals surface area contributed by atoms with Crippen LogP contribution in [0.4, 0.5) is 8.78 Å². The minimum atomic E-state index is -3.06. The van der Waals surface area contributed by atoms with Crippen molar-refractivity contribution in [3.8, 4) is 0 Å². The Morgan fingerprint density at radius 2 is 2.15 bits per heavy atom. The summed E-state index contributed by atoms with van der Waals surface area (Å²) in [5.74, 6) is -3.06. The third kappa shape index (κ3) is 3.55. The molecule has 1 heterocycles. The predicted octanol–water partition coefficient (Wildman–Crippen LogP) is 2.62. The van der Waals surface area contributed by atoms with Gasteiger partial charge in [-0.15, -0.1) is 0 Å². The normalized spacial score (nSPS) is 13.8. The van der Waals surface area contributed by atoms with E-state index < -0.39 is 19.1 Å². The number of aliphatic hydroxyl groups excluding tert-OH is 1. The average Bonchev–Trinajstić information content (AvgIpc) is 2.79. The third-order valence-electron chi connectivity index (χ3n) is 3.39. The molecular weight excluding hydrogens is 262 g/mol. The van der Waals surface area contributed by atoms with Crippen molar-refractivity contribution >= 4 is 10.9 Å². The monoisotopic (exact) mass is 282 g/mol. The predicted molar refractivity (Wildman–Crippen MR) is 76.2 cm³/mol.